The average Bonchev–Trinajstić information content (AvgIpc) is 2.68. The summed E-state index contributed by atoms with van der Waals surface area (Å²) in [5.74, 6) is -0.881. The van der Waals surface area contributed by atoms with E-state index < -0.39 is 0 Å². The summed E-state index contributed by atoms with van der Waals surface area (Å²) in [4.78, 5) is 24.7. The first-order valence-electron chi connectivity index (χ1n) is 8.52. The van der Waals surface area contributed by atoms with Gasteiger partial charge >= 0.3 is 0 Å². The fourth-order valence-electron chi connectivity index (χ4n) is 2.61. The molecule has 136 valence electrons. The van der Waals surface area contributed by atoms with Crippen LogP contribution >= 0.6 is 0 Å². The standard InChI is InChI=1S/C22H19FN2O2/c1-15-10-11-18(21(26)24-14-16-6-5-9-19(23)12-16)13-20(15)25-22(27)17-7-3-2-4-8-17/h2-13H,14H2,1H3,(H,24,26)(H,25,27). The highest BCUT2D eigenvalue weighted by molar-refractivity contribution is 6.05. The summed E-state index contributed by atoms with van der Waals surface area (Å²) in [5.41, 5.74) is 3.05. The smallest absolute Gasteiger partial charge is 0.255 e. The van der Waals surface area contributed by atoms with E-state index in [2.05, 4.69) is 10.6 Å². The van der Waals surface area contributed by atoms with Crippen LogP contribution in [0.1, 0.15) is 31.8 Å². The molecular weight excluding hydrogens is 343 g/mol. The van der Waals surface area contributed by atoms with Gasteiger partial charge in [0, 0.05) is 23.4 Å². The van der Waals surface area contributed by atoms with Crippen LogP contribution in [0.5, 0.6) is 0 Å². The van der Waals surface area contributed by atoms with E-state index in [0.29, 0.717) is 22.4 Å². The lowest BCUT2D eigenvalue weighted by atomic mass is 10.1. The van der Waals surface area contributed by atoms with E-state index in [4.69, 9.17) is 0 Å². The van der Waals surface area contributed by atoms with Gasteiger partial charge in [-0.05, 0) is 54.4 Å². The highest BCUT2D eigenvalue weighted by atomic mass is 19.1. The molecule has 0 saturated heterocycles. The normalized spacial score (nSPS) is 10.3. The van der Waals surface area contributed by atoms with Gasteiger partial charge in [-0.3, -0.25) is 9.59 Å². The average molecular weight is 362 g/mol. The molecule has 2 N–H and O–H groups in total. The molecule has 0 aromatic heterocycles. The second kappa shape index (κ2) is 8.27. The molecule has 27 heavy (non-hydrogen) atoms. The minimum absolute atomic E-state index is 0.218. The predicted molar refractivity (Wildman–Crippen MR) is 103 cm³/mol. The number of carbonyl (C=O) groups excluding carboxylic acids is 2. The van der Waals surface area contributed by atoms with Gasteiger partial charge < -0.3 is 10.6 Å². The largest absolute Gasteiger partial charge is 0.348 e. The molecule has 4 nitrogen and oxygen atoms in total. The minimum atomic E-state index is -0.344. The number of aryl methyl sites for hydroxylation is 1. The number of hydrogen-bond acceptors (Lipinski definition) is 2. The van der Waals surface area contributed by atoms with Crippen LogP contribution < -0.4 is 10.6 Å². The van der Waals surface area contributed by atoms with Crippen molar-refractivity contribution < 1.29 is 14.0 Å². The van der Waals surface area contributed by atoms with Gasteiger partial charge in [-0.15, -0.1) is 0 Å². The fraction of sp³-hybridized carbons (Fsp3) is 0.0909. The Bertz CT molecular complexity index is 971. The van der Waals surface area contributed by atoms with Gasteiger partial charge in [-0.1, -0.05) is 36.4 Å². The first kappa shape index (κ1) is 18.3. The van der Waals surface area contributed by atoms with Gasteiger partial charge in [0.25, 0.3) is 11.8 Å². The Kier molecular flexibility index (Phi) is 5.61. The number of halogens is 1. The van der Waals surface area contributed by atoms with E-state index in [0.717, 1.165) is 5.56 Å². The molecule has 5 heteroatoms. The molecule has 0 radical (unpaired) electrons. The molecule has 0 aliphatic heterocycles. The number of anilines is 1. The van der Waals surface area contributed by atoms with Gasteiger partial charge in [-0.2, -0.15) is 0 Å². The fourth-order valence-corrected chi connectivity index (χ4v) is 2.61. The second-order valence-corrected chi connectivity index (χ2v) is 6.16. The zero-order chi connectivity index (χ0) is 19.2. The summed E-state index contributed by atoms with van der Waals surface area (Å²) in [7, 11) is 0. The molecule has 3 aromatic rings. The van der Waals surface area contributed by atoms with E-state index in [1.165, 1.54) is 12.1 Å². The topological polar surface area (TPSA) is 58.2 Å². The number of hydrogen-bond donors (Lipinski definition) is 2. The van der Waals surface area contributed by atoms with Crippen molar-refractivity contribution in [3.05, 3.63) is 101 Å². The van der Waals surface area contributed by atoms with E-state index in [1.807, 2.05) is 13.0 Å². The maximum atomic E-state index is 13.2. The van der Waals surface area contributed by atoms with Crippen LogP contribution in [-0.4, -0.2) is 11.8 Å². The zero-order valence-electron chi connectivity index (χ0n) is 14.8. The summed E-state index contributed by atoms with van der Waals surface area (Å²) >= 11 is 0. The van der Waals surface area contributed by atoms with Gasteiger partial charge in [0.15, 0.2) is 0 Å². The van der Waals surface area contributed by atoms with Crippen LogP contribution in [-0.2, 0) is 6.54 Å². The maximum absolute atomic E-state index is 13.2. The molecule has 0 fully saturated rings. The van der Waals surface area contributed by atoms with Crippen LogP contribution in [0.25, 0.3) is 0 Å². The molecule has 0 atom stereocenters. The molecule has 2 amide bonds. The van der Waals surface area contributed by atoms with Crippen LogP contribution in [0, 0.1) is 12.7 Å². The number of amides is 2. The number of benzene rings is 3. The van der Waals surface area contributed by atoms with Gasteiger partial charge in [-0.25, -0.2) is 4.39 Å². The first-order chi connectivity index (χ1) is 13.0. The molecule has 0 saturated carbocycles. The lowest BCUT2D eigenvalue weighted by Crippen LogP contribution is -2.23. The molecule has 0 aliphatic carbocycles. The Morgan fingerprint density at radius 1 is 0.852 bits per heavy atom. The zero-order valence-corrected chi connectivity index (χ0v) is 14.8. The Morgan fingerprint density at radius 3 is 2.37 bits per heavy atom. The summed E-state index contributed by atoms with van der Waals surface area (Å²) < 4.78 is 13.2. The van der Waals surface area contributed by atoms with E-state index in [1.54, 1.807) is 54.6 Å². The molecule has 0 aliphatic rings. The van der Waals surface area contributed by atoms with Crippen LogP contribution in [0.4, 0.5) is 10.1 Å². The third-order valence-corrected chi connectivity index (χ3v) is 4.13. The Balaban J connectivity index is 1.70. The molecular formula is C22H19FN2O2. The van der Waals surface area contributed by atoms with Gasteiger partial charge in [0.1, 0.15) is 5.82 Å². The summed E-state index contributed by atoms with van der Waals surface area (Å²) in [6.07, 6.45) is 0. The number of nitrogens with one attached hydrogen (secondary N) is 2. The maximum Gasteiger partial charge on any atom is 0.255 e. The second-order valence-electron chi connectivity index (χ2n) is 6.16. The minimum Gasteiger partial charge on any atom is -0.348 e. The SMILES string of the molecule is Cc1ccc(C(=O)NCc2cccc(F)c2)cc1NC(=O)c1ccccc1. The Hall–Kier alpha value is -3.47. The first-order valence-corrected chi connectivity index (χ1v) is 8.52. The third-order valence-electron chi connectivity index (χ3n) is 4.13. The number of carbonyl (C=O) groups is 2. The third kappa shape index (κ3) is 4.79. The highest BCUT2D eigenvalue weighted by Crippen LogP contribution is 2.18. The van der Waals surface area contributed by atoms with Crippen molar-refractivity contribution >= 4 is 17.5 Å². The number of rotatable bonds is 5. The lowest BCUT2D eigenvalue weighted by molar-refractivity contribution is 0.0949. The highest BCUT2D eigenvalue weighted by Gasteiger charge is 2.11. The lowest BCUT2D eigenvalue weighted by Gasteiger charge is -2.11. The van der Waals surface area contributed by atoms with Crippen LogP contribution in [0.3, 0.4) is 0 Å². The van der Waals surface area contributed by atoms with Crippen molar-refractivity contribution in [1.82, 2.24) is 5.32 Å². The molecule has 3 rings (SSSR count). The summed E-state index contributed by atoms with van der Waals surface area (Å²) in [5, 5.41) is 5.59. The van der Waals surface area contributed by atoms with Crippen molar-refractivity contribution in [2.75, 3.05) is 5.32 Å². The van der Waals surface area contributed by atoms with Crippen molar-refractivity contribution in [2.45, 2.75) is 13.5 Å². The van der Waals surface area contributed by atoms with Crippen LogP contribution in [0.2, 0.25) is 0 Å². The van der Waals surface area contributed by atoms with E-state index >= 15 is 0 Å². The van der Waals surface area contributed by atoms with Crippen LogP contribution in [0.15, 0.2) is 72.8 Å². The van der Waals surface area contributed by atoms with Crippen molar-refractivity contribution in [2.24, 2.45) is 0 Å². The summed E-state index contributed by atoms with van der Waals surface area (Å²) in [6.45, 7) is 2.07. The van der Waals surface area contributed by atoms with Crippen molar-refractivity contribution in [3.8, 4) is 0 Å². The molecule has 0 bridgehead atoms. The van der Waals surface area contributed by atoms with E-state index in [9.17, 15) is 14.0 Å². The quantitative estimate of drug-likeness (QED) is 0.710. The van der Waals surface area contributed by atoms with Crippen molar-refractivity contribution in [3.63, 3.8) is 0 Å². The Morgan fingerprint density at radius 2 is 1.63 bits per heavy atom. The van der Waals surface area contributed by atoms with Gasteiger partial charge in [0.2, 0.25) is 0 Å². The molecule has 0 unspecified atom stereocenters. The predicted octanol–water partition coefficient (Wildman–Crippen LogP) is 4.32. The molecule has 0 spiro atoms. The Labute approximate surface area is 157 Å². The molecule has 0 heterocycles. The van der Waals surface area contributed by atoms with E-state index in [-0.39, 0.29) is 24.2 Å². The monoisotopic (exact) mass is 362 g/mol. The van der Waals surface area contributed by atoms with Gasteiger partial charge in [0.05, 0.1) is 0 Å². The molecule has 3 aromatic carbocycles. The van der Waals surface area contributed by atoms with Crippen molar-refractivity contribution in [1.29, 1.82) is 0 Å². The summed E-state index contributed by atoms with van der Waals surface area (Å²) in [6, 6.07) is 20.0.